The highest BCUT2D eigenvalue weighted by Crippen LogP contribution is 2.41. The predicted molar refractivity (Wildman–Crippen MR) is 93.0 cm³/mol. The molecule has 1 N–H and O–H groups in total. The molecule has 0 bridgehead atoms. The Morgan fingerprint density at radius 1 is 1.16 bits per heavy atom. The fourth-order valence-electron chi connectivity index (χ4n) is 3.28. The van der Waals surface area contributed by atoms with E-state index in [1.807, 2.05) is 48.5 Å². The van der Waals surface area contributed by atoms with Gasteiger partial charge in [-0.15, -0.1) is 0 Å². The highest BCUT2D eigenvalue weighted by molar-refractivity contribution is 6.00. The molecule has 0 aliphatic carbocycles. The molecule has 0 saturated heterocycles. The molecule has 1 aliphatic rings. The van der Waals surface area contributed by atoms with Crippen LogP contribution in [0.25, 0.3) is 11.3 Å². The van der Waals surface area contributed by atoms with Crippen LogP contribution in [-0.2, 0) is 4.74 Å². The number of pyridine rings is 1. The molecule has 2 aromatic heterocycles. The van der Waals surface area contributed by atoms with Gasteiger partial charge < -0.3 is 9.64 Å². The van der Waals surface area contributed by atoms with Gasteiger partial charge in [0.1, 0.15) is 11.7 Å². The van der Waals surface area contributed by atoms with Crippen LogP contribution in [0.5, 0.6) is 0 Å². The van der Waals surface area contributed by atoms with Crippen LogP contribution in [0, 0.1) is 0 Å². The summed E-state index contributed by atoms with van der Waals surface area (Å²) in [5, 5.41) is 7.35. The number of carbonyl (C=O) groups is 1. The van der Waals surface area contributed by atoms with Gasteiger partial charge in [-0.3, -0.25) is 14.9 Å². The SMILES string of the molecule is COCCN1C(=O)c2[nH]nc(-c3ccccc3)c2[C@@H]1c1ccccn1. The Bertz CT molecular complexity index is 877. The van der Waals surface area contributed by atoms with Gasteiger partial charge in [0.15, 0.2) is 0 Å². The van der Waals surface area contributed by atoms with Crippen molar-refractivity contribution in [3.63, 3.8) is 0 Å². The molecule has 0 saturated carbocycles. The number of aromatic amines is 1. The van der Waals surface area contributed by atoms with Crippen LogP contribution >= 0.6 is 0 Å². The number of aromatic nitrogens is 3. The summed E-state index contributed by atoms with van der Waals surface area (Å²) in [4.78, 5) is 19.2. The van der Waals surface area contributed by atoms with Crippen molar-refractivity contribution in [1.82, 2.24) is 20.1 Å². The highest BCUT2D eigenvalue weighted by atomic mass is 16.5. The summed E-state index contributed by atoms with van der Waals surface area (Å²) in [6.45, 7) is 0.959. The van der Waals surface area contributed by atoms with Crippen molar-refractivity contribution in [3.8, 4) is 11.3 Å². The first-order chi connectivity index (χ1) is 12.3. The quantitative estimate of drug-likeness (QED) is 0.779. The van der Waals surface area contributed by atoms with E-state index in [-0.39, 0.29) is 11.9 Å². The Kier molecular flexibility index (Phi) is 4.03. The molecular formula is C19H18N4O2. The molecule has 1 aliphatic heterocycles. The van der Waals surface area contributed by atoms with Gasteiger partial charge in [-0.25, -0.2) is 0 Å². The van der Waals surface area contributed by atoms with E-state index in [1.165, 1.54) is 0 Å². The third kappa shape index (κ3) is 2.60. The number of benzene rings is 1. The number of nitrogens with one attached hydrogen (secondary N) is 1. The number of H-pyrrole nitrogens is 1. The first kappa shape index (κ1) is 15.5. The minimum Gasteiger partial charge on any atom is -0.383 e. The number of rotatable bonds is 5. The maximum atomic E-state index is 12.9. The second-order valence-corrected chi connectivity index (χ2v) is 5.88. The second kappa shape index (κ2) is 6.49. The van der Waals surface area contributed by atoms with E-state index in [4.69, 9.17) is 4.74 Å². The topological polar surface area (TPSA) is 71.1 Å². The van der Waals surface area contributed by atoms with Crippen LogP contribution in [0.15, 0.2) is 54.7 Å². The van der Waals surface area contributed by atoms with E-state index in [0.717, 1.165) is 22.5 Å². The summed E-state index contributed by atoms with van der Waals surface area (Å²) in [5.74, 6) is -0.0719. The van der Waals surface area contributed by atoms with Crippen molar-refractivity contribution in [2.24, 2.45) is 0 Å². The molecule has 3 aromatic rings. The fraction of sp³-hybridized carbons (Fsp3) is 0.211. The average molecular weight is 334 g/mol. The lowest BCUT2D eigenvalue weighted by molar-refractivity contribution is 0.0674. The van der Waals surface area contributed by atoms with Crippen LogP contribution in [-0.4, -0.2) is 46.2 Å². The standard InChI is InChI=1S/C19H18N4O2/c1-25-12-11-23-18(14-9-5-6-10-20-14)15-16(13-7-3-2-4-8-13)21-22-17(15)19(23)24/h2-10,18H,11-12H2,1H3,(H,21,22)/t18-/m0/s1. The molecule has 0 unspecified atom stereocenters. The van der Waals surface area contributed by atoms with Crippen molar-refractivity contribution in [3.05, 3.63) is 71.7 Å². The van der Waals surface area contributed by atoms with Crippen LogP contribution < -0.4 is 0 Å². The number of nitrogens with zero attached hydrogens (tertiary/aromatic N) is 3. The summed E-state index contributed by atoms with van der Waals surface area (Å²) in [6, 6.07) is 15.3. The molecule has 4 rings (SSSR count). The van der Waals surface area contributed by atoms with Gasteiger partial charge >= 0.3 is 0 Å². The molecule has 3 heterocycles. The lowest BCUT2D eigenvalue weighted by Gasteiger charge is -2.25. The van der Waals surface area contributed by atoms with E-state index in [2.05, 4.69) is 15.2 Å². The zero-order valence-electron chi connectivity index (χ0n) is 13.8. The number of methoxy groups -OCH3 is 1. The minimum absolute atomic E-state index is 0.0719. The third-order valence-electron chi connectivity index (χ3n) is 4.42. The maximum absolute atomic E-state index is 12.9. The monoisotopic (exact) mass is 334 g/mol. The Balaban J connectivity index is 1.86. The van der Waals surface area contributed by atoms with Gasteiger partial charge in [0, 0.05) is 31.0 Å². The third-order valence-corrected chi connectivity index (χ3v) is 4.42. The molecular weight excluding hydrogens is 316 g/mol. The largest absolute Gasteiger partial charge is 0.383 e. The number of amides is 1. The number of hydrogen-bond acceptors (Lipinski definition) is 4. The summed E-state index contributed by atoms with van der Waals surface area (Å²) >= 11 is 0. The Morgan fingerprint density at radius 3 is 2.68 bits per heavy atom. The predicted octanol–water partition coefficient (Wildman–Crippen LogP) is 2.66. The lowest BCUT2D eigenvalue weighted by Crippen LogP contribution is -2.32. The first-order valence-corrected chi connectivity index (χ1v) is 8.15. The van der Waals surface area contributed by atoms with Crippen molar-refractivity contribution in [2.45, 2.75) is 6.04 Å². The normalized spacial score (nSPS) is 16.3. The average Bonchev–Trinajstić information content (AvgIpc) is 3.21. The van der Waals surface area contributed by atoms with Crippen molar-refractivity contribution >= 4 is 5.91 Å². The summed E-state index contributed by atoms with van der Waals surface area (Å²) in [5.41, 5.74) is 4.00. The number of fused-ring (bicyclic) bond motifs is 1. The van der Waals surface area contributed by atoms with E-state index >= 15 is 0 Å². The van der Waals surface area contributed by atoms with Crippen molar-refractivity contribution in [2.75, 3.05) is 20.3 Å². The highest BCUT2D eigenvalue weighted by Gasteiger charge is 2.42. The number of carbonyl (C=O) groups excluding carboxylic acids is 1. The zero-order valence-corrected chi connectivity index (χ0v) is 13.8. The molecule has 126 valence electrons. The summed E-state index contributed by atoms with van der Waals surface area (Å²) < 4.78 is 5.19. The van der Waals surface area contributed by atoms with Gasteiger partial charge in [0.2, 0.25) is 0 Å². The molecule has 1 atom stereocenters. The Labute approximate surface area is 145 Å². The second-order valence-electron chi connectivity index (χ2n) is 5.88. The molecule has 1 amide bonds. The van der Waals surface area contributed by atoms with Gasteiger partial charge in [-0.1, -0.05) is 36.4 Å². The molecule has 6 nitrogen and oxygen atoms in total. The van der Waals surface area contributed by atoms with E-state index in [9.17, 15) is 4.79 Å². The van der Waals surface area contributed by atoms with Crippen molar-refractivity contribution in [1.29, 1.82) is 0 Å². The summed E-state index contributed by atoms with van der Waals surface area (Å²) in [6.07, 6.45) is 1.74. The lowest BCUT2D eigenvalue weighted by atomic mass is 9.99. The Morgan fingerprint density at radius 2 is 1.96 bits per heavy atom. The smallest absolute Gasteiger partial charge is 0.273 e. The molecule has 0 spiro atoms. The first-order valence-electron chi connectivity index (χ1n) is 8.15. The van der Waals surface area contributed by atoms with Gasteiger partial charge in [-0.05, 0) is 12.1 Å². The number of hydrogen-bond donors (Lipinski definition) is 1. The zero-order chi connectivity index (χ0) is 17.2. The maximum Gasteiger partial charge on any atom is 0.273 e. The summed E-state index contributed by atoms with van der Waals surface area (Å²) in [7, 11) is 1.63. The molecule has 1 aromatic carbocycles. The number of ether oxygens (including phenoxy) is 1. The van der Waals surface area contributed by atoms with Gasteiger partial charge in [-0.2, -0.15) is 5.10 Å². The van der Waals surface area contributed by atoms with Gasteiger partial charge in [0.05, 0.1) is 18.0 Å². The van der Waals surface area contributed by atoms with E-state index in [1.54, 1.807) is 18.2 Å². The molecule has 0 fully saturated rings. The Hall–Kier alpha value is -2.99. The van der Waals surface area contributed by atoms with E-state index in [0.29, 0.717) is 18.8 Å². The van der Waals surface area contributed by atoms with Crippen LogP contribution in [0.2, 0.25) is 0 Å². The molecule has 25 heavy (non-hydrogen) atoms. The van der Waals surface area contributed by atoms with E-state index < -0.39 is 0 Å². The van der Waals surface area contributed by atoms with Crippen LogP contribution in [0.4, 0.5) is 0 Å². The minimum atomic E-state index is -0.271. The van der Waals surface area contributed by atoms with Crippen molar-refractivity contribution < 1.29 is 9.53 Å². The fourth-order valence-corrected chi connectivity index (χ4v) is 3.28. The molecule has 0 radical (unpaired) electrons. The molecule has 6 heteroatoms. The van der Waals surface area contributed by atoms with Gasteiger partial charge in [0.25, 0.3) is 5.91 Å². The van der Waals surface area contributed by atoms with Crippen LogP contribution in [0.3, 0.4) is 0 Å². The van der Waals surface area contributed by atoms with Crippen LogP contribution in [0.1, 0.15) is 27.8 Å².